The van der Waals surface area contributed by atoms with Crippen molar-refractivity contribution < 1.29 is 32.3 Å². The fourth-order valence-electron chi connectivity index (χ4n) is 3.29. The maximum atomic E-state index is 12.1. The number of rotatable bonds is 10. The maximum absolute atomic E-state index is 12.1. The summed E-state index contributed by atoms with van der Waals surface area (Å²) in [7, 11) is -3.55. The molecule has 3 rings (SSSR count). The molecule has 0 spiro atoms. The van der Waals surface area contributed by atoms with Gasteiger partial charge in [-0.15, -0.1) is 0 Å². The average molecular weight is 479 g/mol. The molecule has 0 fully saturated rings. The zero-order valence-electron chi connectivity index (χ0n) is 18.2. The van der Waals surface area contributed by atoms with Gasteiger partial charge < -0.3 is 20.1 Å². The number of carbonyl (C=O) groups is 3. The second-order valence-corrected chi connectivity index (χ2v) is 8.94. The monoisotopic (exact) mass is 478 g/mol. The quantitative estimate of drug-likeness (QED) is 0.334. The number of amides is 2. The molecule has 2 aliphatic heterocycles. The molecule has 2 aliphatic rings. The molecule has 12 heteroatoms. The standard InChI is InChI=1S/C21H26N4O7S/c1-2-31-20(27)15-12-23-21(28)24-16(15)13-32-18(26)10-4-3-7-11-22-19-14-8-5-6-9-17(14)33(29,30)25-19/h5-6,8-9H,2-4,7,10-13H2,1H3,(H,22,25)(H2,23,24,28). The highest BCUT2D eigenvalue weighted by molar-refractivity contribution is 7.90. The van der Waals surface area contributed by atoms with E-state index in [2.05, 4.69) is 20.3 Å². The van der Waals surface area contributed by atoms with E-state index in [1.807, 2.05) is 0 Å². The summed E-state index contributed by atoms with van der Waals surface area (Å²) in [5.74, 6) is -0.702. The summed E-state index contributed by atoms with van der Waals surface area (Å²) < 4.78 is 36.7. The summed E-state index contributed by atoms with van der Waals surface area (Å²) in [6.45, 7) is 2.04. The van der Waals surface area contributed by atoms with Crippen molar-refractivity contribution in [2.45, 2.75) is 37.5 Å². The number of aliphatic imine (C=N–C) groups is 1. The van der Waals surface area contributed by atoms with Gasteiger partial charge in [0.05, 0.1) is 29.3 Å². The second-order valence-electron chi connectivity index (χ2n) is 7.29. The number of esters is 2. The summed E-state index contributed by atoms with van der Waals surface area (Å²) in [5, 5.41) is 4.95. The number of nitrogens with zero attached hydrogens (tertiary/aromatic N) is 1. The molecule has 11 nitrogen and oxygen atoms in total. The summed E-state index contributed by atoms with van der Waals surface area (Å²) in [5.41, 5.74) is 0.982. The molecule has 2 heterocycles. The number of benzene rings is 1. The first-order valence-electron chi connectivity index (χ1n) is 10.6. The third-order valence-corrected chi connectivity index (χ3v) is 6.32. The van der Waals surface area contributed by atoms with Crippen molar-refractivity contribution in [3.8, 4) is 0 Å². The first-order chi connectivity index (χ1) is 15.8. The number of amidine groups is 1. The Morgan fingerprint density at radius 3 is 2.70 bits per heavy atom. The van der Waals surface area contributed by atoms with Crippen molar-refractivity contribution in [1.82, 2.24) is 15.4 Å². The van der Waals surface area contributed by atoms with Gasteiger partial charge in [-0.05, 0) is 31.9 Å². The van der Waals surface area contributed by atoms with Gasteiger partial charge in [0.1, 0.15) is 12.4 Å². The normalized spacial score (nSPS) is 17.6. The lowest BCUT2D eigenvalue weighted by atomic mass is 10.1. The molecule has 0 saturated heterocycles. The second kappa shape index (κ2) is 10.9. The van der Waals surface area contributed by atoms with Crippen LogP contribution in [0.5, 0.6) is 0 Å². The van der Waals surface area contributed by atoms with Crippen LogP contribution >= 0.6 is 0 Å². The Labute approximate surface area is 191 Å². The van der Waals surface area contributed by atoms with E-state index in [-0.39, 0.29) is 42.3 Å². The van der Waals surface area contributed by atoms with E-state index in [0.29, 0.717) is 37.2 Å². The summed E-state index contributed by atoms with van der Waals surface area (Å²) in [6, 6.07) is 6.17. The van der Waals surface area contributed by atoms with E-state index in [9.17, 15) is 22.8 Å². The van der Waals surface area contributed by atoms with E-state index in [0.717, 1.165) is 0 Å². The van der Waals surface area contributed by atoms with Gasteiger partial charge >= 0.3 is 18.0 Å². The highest BCUT2D eigenvalue weighted by Crippen LogP contribution is 2.22. The zero-order valence-corrected chi connectivity index (χ0v) is 19.0. The van der Waals surface area contributed by atoms with Crippen LogP contribution in [-0.4, -0.2) is 58.5 Å². The van der Waals surface area contributed by atoms with Gasteiger partial charge in [0, 0.05) is 18.5 Å². The Morgan fingerprint density at radius 1 is 1.12 bits per heavy atom. The smallest absolute Gasteiger partial charge is 0.337 e. The van der Waals surface area contributed by atoms with Crippen LogP contribution in [0.1, 0.15) is 38.2 Å². The van der Waals surface area contributed by atoms with Crippen molar-refractivity contribution >= 4 is 33.8 Å². The third-order valence-electron chi connectivity index (χ3n) is 4.93. The number of ether oxygens (including phenoxy) is 2. The highest BCUT2D eigenvalue weighted by Gasteiger charge is 2.30. The number of fused-ring (bicyclic) bond motifs is 1. The number of urea groups is 1. The van der Waals surface area contributed by atoms with Gasteiger partial charge in [-0.3, -0.25) is 14.5 Å². The fourth-order valence-corrected chi connectivity index (χ4v) is 4.54. The molecule has 0 atom stereocenters. The van der Waals surface area contributed by atoms with E-state index < -0.39 is 28.0 Å². The number of hydrogen-bond acceptors (Lipinski definition) is 8. The molecule has 3 N–H and O–H groups in total. The molecule has 33 heavy (non-hydrogen) atoms. The Morgan fingerprint density at radius 2 is 1.91 bits per heavy atom. The predicted octanol–water partition coefficient (Wildman–Crippen LogP) is 0.959. The van der Waals surface area contributed by atoms with Gasteiger partial charge in [-0.25, -0.2) is 18.0 Å². The number of unbranched alkanes of at least 4 members (excludes halogenated alkanes) is 2. The number of sulfonamides is 1. The maximum Gasteiger partial charge on any atom is 0.337 e. The molecule has 0 bridgehead atoms. The summed E-state index contributed by atoms with van der Waals surface area (Å²) >= 11 is 0. The SMILES string of the molecule is CCOC(=O)C1=C(COC(=O)CCCCCN=C2NS(=O)(=O)c3ccccc32)NC(=O)NC1. The minimum Gasteiger partial charge on any atom is -0.463 e. The highest BCUT2D eigenvalue weighted by atomic mass is 32.2. The Hall–Kier alpha value is -3.41. The third kappa shape index (κ3) is 6.31. The van der Waals surface area contributed by atoms with Crippen LogP contribution in [0, 0.1) is 0 Å². The molecule has 1 aromatic rings. The van der Waals surface area contributed by atoms with Gasteiger partial charge in [0.25, 0.3) is 10.0 Å². The van der Waals surface area contributed by atoms with Gasteiger partial charge in [-0.1, -0.05) is 18.6 Å². The summed E-state index contributed by atoms with van der Waals surface area (Å²) in [4.78, 5) is 40.1. The van der Waals surface area contributed by atoms with Crippen LogP contribution in [-0.2, 0) is 29.1 Å². The van der Waals surface area contributed by atoms with E-state index in [1.165, 1.54) is 6.07 Å². The lowest BCUT2D eigenvalue weighted by Gasteiger charge is -2.21. The molecular formula is C21H26N4O7S. The van der Waals surface area contributed by atoms with Crippen LogP contribution in [0.15, 0.2) is 45.4 Å². The van der Waals surface area contributed by atoms with Crippen LogP contribution in [0.2, 0.25) is 0 Å². The zero-order chi connectivity index (χ0) is 23.8. The Balaban J connectivity index is 1.40. The molecule has 0 saturated carbocycles. The molecule has 0 aromatic heterocycles. The van der Waals surface area contributed by atoms with Gasteiger partial charge in [0.2, 0.25) is 0 Å². The van der Waals surface area contributed by atoms with Crippen LogP contribution in [0.4, 0.5) is 4.79 Å². The molecule has 0 unspecified atom stereocenters. The van der Waals surface area contributed by atoms with Crippen molar-refractivity contribution in [3.05, 3.63) is 41.1 Å². The number of hydrogen-bond donors (Lipinski definition) is 3. The van der Waals surface area contributed by atoms with Crippen LogP contribution in [0.25, 0.3) is 0 Å². The van der Waals surface area contributed by atoms with Crippen molar-refractivity contribution in [3.63, 3.8) is 0 Å². The van der Waals surface area contributed by atoms with Crippen molar-refractivity contribution in [2.75, 3.05) is 26.3 Å². The molecule has 1 aromatic carbocycles. The predicted molar refractivity (Wildman–Crippen MR) is 118 cm³/mol. The van der Waals surface area contributed by atoms with Gasteiger partial charge in [-0.2, -0.15) is 0 Å². The molecular weight excluding hydrogens is 452 g/mol. The number of nitrogens with one attached hydrogen (secondary N) is 3. The van der Waals surface area contributed by atoms with Crippen molar-refractivity contribution in [1.29, 1.82) is 0 Å². The molecule has 2 amide bonds. The summed E-state index contributed by atoms with van der Waals surface area (Å²) in [6.07, 6.45) is 2.09. The molecule has 0 radical (unpaired) electrons. The topological polar surface area (TPSA) is 152 Å². The first-order valence-corrected chi connectivity index (χ1v) is 12.1. The van der Waals surface area contributed by atoms with Gasteiger partial charge in [0.15, 0.2) is 0 Å². The van der Waals surface area contributed by atoms with E-state index >= 15 is 0 Å². The Kier molecular flexibility index (Phi) is 8.04. The largest absolute Gasteiger partial charge is 0.463 e. The molecule has 178 valence electrons. The minimum absolute atomic E-state index is 0.000684. The van der Waals surface area contributed by atoms with E-state index in [4.69, 9.17) is 9.47 Å². The lowest BCUT2D eigenvalue weighted by molar-refractivity contribution is -0.143. The van der Waals surface area contributed by atoms with Crippen LogP contribution < -0.4 is 15.4 Å². The fraction of sp³-hybridized carbons (Fsp3) is 0.429. The lowest BCUT2D eigenvalue weighted by Crippen LogP contribution is -2.45. The minimum atomic E-state index is -3.55. The number of carbonyl (C=O) groups excluding carboxylic acids is 3. The Bertz CT molecular complexity index is 1100. The van der Waals surface area contributed by atoms with E-state index in [1.54, 1.807) is 25.1 Å². The average Bonchev–Trinajstić information content (AvgIpc) is 3.05. The first kappa shape index (κ1) is 24.2. The molecule has 0 aliphatic carbocycles. The van der Waals surface area contributed by atoms with Crippen molar-refractivity contribution in [2.24, 2.45) is 4.99 Å². The van der Waals surface area contributed by atoms with Crippen LogP contribution in [0.3, 0.4) is 0 Å².